The second kappa shape index (κ2) is 9.44. The first-order chi connectivity index (χ1) is 6.70. The highest BCUT2D eigenvalue weighted by molar-refractivity contribution is 4.55. The molecule has 0 aromatic carbocycles. The molecule has 0 heterocycles. The zero-order valence-electron chi connectivity index (χ0n) is 10.3. The van der Waals surface area contributed by atoms with Crippen molar-refractivity contribution >= 4 is 0 Å². The van der Waals surface area contributed by atoms with E-state index in [2.05, 4.69) is 30.8 Å². The minimum Gasteiger partial charge on any atom is -0.385 e. The summed E-state index contributed by atoms with van der Waals surface area (Å²) in [7, 11) is 6.12. The monoisotopic (exact) mass is 202 g/mol. The summed E-state index contributed by atoms with van der Waals surface area (Å²) in [4.78, 5) is 4.73. The van der Waals surface area contributed by atoms with Crippen LogP contribution in [0.5, 0.6) is 0 Å². The molecule has 0 unspecified atom stereocenters. The number of ether oxygens (including phenoxy) is 1. The Kier molecular flexibility index (Phi) is 9.35. The molecule has 0 rings (SSSR count). The quantitative estimate of drug-likeness (QED) is 0.524. The van der Waals surface area contributed by atoms with Gasteiger partial charge in [-0.25, -0.2) is 0 Å². The third-order valence-electron chi connectivity index (χ3n) is 2.54. The first-order valence-electron chi connectivity index (χ1n) is 5.56. The Hall–Kier alpha value is -0.120. The van der Waals surface area contributed by atoms with Crippen LogP contribution in [0.4, 0.5) is 0 Å². The zero-order chi connectivity index (χ0) is 10.8. The molecule has 0 N–H and O–H groups in total. The third kappa shape index (κ3) is 8.48. The number of hydrogen-bond donors (Lipinski definition) is 0. The molecule has 0 saturated heterocycles. The van der Waals surface area contributed by atoms with Crippen LogP contribution in [0.2, 0.25) is 0 Å². The van der Waals surface area contributed by atoms with Crippen LogP contribution in [0, 0.1) is 0 Å². The van der Waals surface area contributed by atoms with Crippen LogP contribution < -0.4 is 0 Å². The van der Waals surface area contributed by atoms with Crippen molar-refractivity contribution < 1.29 is 4.74 Å². The van der Waals surface area contributed by atoms with Crippen molar-refractivity contribution in [3.63, 3.8) is 0 Å². The van der Waals surface area contributed by atoms with Crippen LogP contribution in [0.3, 0.4) is 0 Å². The van der Waals surface area contributed by atoms with E-state index in [4.69, 9.17) is 4.74 Å². The van der Waals surface area contributed by atoms with Gasteiger partial charge in [0.25, 0.3) is 0 Å². The predicted molar refractivity (Wildman–Crippen MR) is 61.8 cm³/mol. The molecule has 0 radical (unpaired) electrons. The lowest BCUT2D eigenvalue weighted by molar-refractivity contribution is 0.185. The Balaban J connectivity index is 3.23. The standard InChI is InChI=1S/C11H26N2O/c1-5-12(2)9-10-13(3)8-6-7-11-14-4/h5-11H2,1-4H3. The lowest BCUT2D eigenvalue weighted by atomic mass is 10.3. The summed E-state index contributed by atoms with van der Waals surface area (Å²) in [5.74, 6) is 0. The molecule has 0 aromatic heterocycles. The molecule has 3 heteroatoms. The highest BCUT2D eigenvalue weighted by Gasteiger charge is 1.99. The molecule has 0 atom stereocenters. The van der Waals surface area contributed by atoms with E-state index in [1.165, 1.54) is 19.4 Å². The minimum absolute atomic E-state index is 0.892. The van der Waals surface area contributed by atoms with Gasteiger partial charge in [0.05, 0.1) is 0 Å². The van der Waals surface area contributed by atoms with Crippen molar-refractivity contribution in [1.29, 1.82) is 0 Å². The van der Waals surface area contributed by atoms with Gasteiger partial charge in [0.2, 0.25) is 0 Å². The Bertz CT molecular complexity index is 120. The molecule has 0 saturated carbocycles. The van der Waals surface area contributed by atoms with E-state index in [1.807, 2.05) is 0 Å². The molecule has 0 aliphatic carbocycles. The van der Waals surface area contributed by atoms with E-state index < -0.39 is 0 Å². The van der Waals surface area contributed by atoms with Gasteiger partial charge in [-0.1, -0.05) is 6.92 Å². The number of likely N-dealkylation sites (N-methyl/N-ethyl adjacent to an activating group) is 2. The second-order valence-corrected chi connectivity index (χ2v) is 3.90. The first-order valence-corrected chi connectivity index (χ1v) is 5.56. The molecule has 3 nitrogen and oxygen atoms in total. The molecule has 0 aliphatic heterocycles. The number of methoxy groups -OCH3 is 1. The molecule has 86 valence electrons. The van der Waals surface area contributed by atoms with Crippen LogP contribution in [0.1, 0.15) is 19.8 Å². The molecule has 0 spiro atoms. The van der Waals surface area contributed by atoms with Crippen molar-refractivity contribution in [1.82, 2.24) is 9.80 Å². The van der Waals surface area contributed by atoms with Gasteiger partial charge in [0.15, 0.2) is 0 Å². The highest BCUT2D eigenvalue weighted by Crippen LogP contribution is 1.93. The first kappa shape index (κ1) is 13.9. The smallest absolute Gasteiger partial charge is 0.0462 e. The summed E-state index contributed by atoms with van der Waals surface area (Å²) < 4.78 is 5.01. The van der Waals surface area contributed by atoms with Crippen molar-refractivity contribution in [2.75, 3.05) is 54.0 Å². The molecule has 0 aliphatic rings. The van der Waals surface area contributed by atoms with E-state index in [0.717, 1.165) is 26.2 Å². The third-order valence-corrected chi connectivity index (χ3v) is 2.54. The van der Waals surface area contributed by atoms with Crippen LogP contribution in [0.15, 0.2) is 0 Å². The summed E-state index contributed by atoms with van der Waals surface area (Å²) in [6, 6.07) is 0. The fraction of sp³-hybridized carbons (Fsp3) is 1.00. The molecule has 0 aromatic rings. The van der Waals surface area contributed by atoms with E-state index in [1.54, 1.807) is 7.11 Å². The molecular formula is C11H26N2O. The van der Waals surface area contributed by atoms with Gasteiger partial charge >= 0.3 is 0 Å². The SMILES string of the molecule is CCN(C)CCN(C)CCCCOC. The number of hydrogen-bond acceptors (Lipinski definition) is 3. The number of unbranched alkanes of at least 4 members (excludes halogenated alkanes) is 1. The predicted octanol–water partition coefficient (Wildman–Crippen LogP) is 1.30. The maximum absolute atomic E-state index is 5.01. The van der Waals surface area contributed by atoms with Crippen molar-refractivity contribution in [3.05, 3.63) is 0 Å². The van der Waals surface area contributed by atoms with E-state index in [0.29, 0.717) is 0 Å². The summed E-state index contributed by atoms with van der Waals surface area (Å²) in [5, 5.41) is 0. The van der Waals surface area contributed by atoms with E-state index >= 15 is 0 Å². The average Bonchev–Trinajstić information content (AvgIpc) is 2.21. The van der Waals surface area contributed by atoms with Gasteiger partial charge in [-0.05, 0) is 40.0 Å². The summed E-state index contributed by atoms with van der Waals surface area (Å²) >= 11 is 0. The topological polar surface area (TPSA) is 15.7 Å². The van der Waals surface area contributed by atoms with Crippen LogP contribution >= 0.6 is 0 Å². The van der Waals surface area contributed by atoms with Gasteiger partial charge in [-0.3, -0.25) is 0 Å². The van der Waals surface area contributed by atoms with Gasteiger partial charge in [-0.2, -0.15) is 0 Å². The largest absolute Gasteiger partial charge is 0.385 e. The van der Waals surface area contributed by atoms with Gasteiger partial charge in [0.1, 0.15) is 0 Å². The molecule has 0 amide bonds. The molecular weight excluding hydrogens is 176 g/mol. The fourth-order valence-corrected chi connectivity index (χ4v) is 1.24. The average molecular weight is 202 g/mol. The van der Waals surface area contributed by atoms with Crippen molar-refractivity contribution in [3.8, 4) is 0 Å². The van der Waals surface area contributed by atoms with Crippen molar-refractivity contribution in [2.24, 2.45) is 0 Å². The number of rotatable bonds is 9. The highest BCUT2D eigenvalue weighted by atomic mass is 16.5. The van der Waals surface area contributed by atoms with E-state index in [9.17, 15) is 0 Å². The molecule has 0 bridgehead atoms. The van der Waals surface area contributed by atoms with Gasteiger partial charge in [0, 0.05) is 26.8 Å². The number of nitrogens with zero attached hydrogens (tertiary/aromatic N) is 2. The van der Waals surface area contributed by atoms with Crippen LogP contribution in [-0.4, -0.2) is 63.8 Å². The Morgan fingerprint density at radius 1 is 0.929 bits per heavy atom. The van der Waals surface area contributed by atoms with Crippen molar-refractivity contribution in [2.45, 2.75) is 19.8 Å². The fourth-order valence-electron chi connectivity index (χ4n) is 1.24. The Morgan fingerprint density at radius 2 is 1.57 bits per heavy atom. The maximum Gasteiger partial charge on any atom is 0.0462 e. The second-order valence-electron chi connectivity index (χ2n) is 3.90. The van der Waals surface area contributed by atoms with Gasteiger partial charge < -0.3 is 14.5 Å². The van der Waals surface area contributed by atoms with Crippen LogP contribution in [0.25, 0.3) is 0 Å². The van der Waals surface area contributed by atoms with E-state index in [-0.39, 0.29) is 0 Å². The van der Waals surface area contributed by atoms with Gasteiger partial charge in [-0.15, -0.1) is 0 Å². The molecule has 0 fully saturated rings. The Morgan fingerprint density at radius 3 is 2.14 bits per heavy atom. The normalized spacial score (nSPS) is 11.6. The lowest BCUT2D eigenvalue weighted by Gasteiger charge is -2.20. The maximum atomic E-state index is 5.01. The summed E-state index contributed by atoms with van der Waals surface area (Å²) in [6.07, 6.45) is 2.41. The molecule has 14 heavy (non-hydrogen) atoms. The summed E-state index contributed by atoms with van der Waals surface area (Å²) in [6.45, 7) is 7.73. The van der Waals surface area contributed by atoms with Crippen LogP contribution in [-0.2, 0) is 4.74 Å². The zero-order valence-corrected chi connectivity index (χ0v) is 10.3. The summed E-state index contributed by atoms with van der Waals surface area (Å²) in [5.41, 5.74) is 0. The minimum atomic E-state index is 0.892. The lowest BCUT2D eigenvalue weighted by Crippen LogP contribution is -2.31. The Labute approximate surface area is 89.0 Å².